The summed E-state index contributed by atoms with van der Waals surface area (Å²) < 4.78 is 0. The molecule has 2 aromatic rings. The number of hydrogen-bond acceptors (Lipinski definition) is 4. The molecule has 1 aliphatic heterocycles. The van der Waals surface area contributed by atoms with Crippen molar-refractivity contribution in [2.75, 3.05) is 30.3 Å². The molecule has 1 saturated heterocycles. The van der Waals surface area contributed by atoms with Crippen molar-refractivity contribution in [3.8, 4) is 0 Å². The molecule has 1 heterocycles. The highest BCUT2D eigenvalue weighted by atomic mass is 35.5. The number of para-hydroxylation sites is 1. The maximum atomic E-state index is 12.3. The van der Waals surface area contributed by atoms with Crippen LogP contribution in [0.15, 0.2) is 53.7 Å². The summed E-state index contributed by atoms with van der Waals surface area (Å²) in [4.78, 5) is 31.1. The van der Waals surface area contributed by atoms with Gasteiger partial charge in [0.2, 0.25) is 0 Å². The number of halogens is 2. The summed E-state index contributed by atoms with van der Waals surface area (Å²) in [5.74, 6) is -0.354. The van der Waals surface area contributed by atoms with Gasteiger partial charge in [-0.25, -0.2) is 4.79 Å². The van der Waals surface area contributed by atoms with Crippen LogP contribution in [0.25, 0.3) is 0 Å². The number of carbonyl (C=O) groups is 2. The Labute approximate surface area is 178 Å². The first-order valence-electron chi connectivity index (χ1n) is 9.05. The number of rotatable bonds is 5. The summed E-state index contributed by atoms with van der Waals surface area (Å²) in [6.45, 7) is 0.856. The highest BCUT2D eigenvalue weighted by Crippen LogP contribution is 2.24. The third-order valence-corrected chi connectivity index (χ3v) is 4.98. The zero-order valence-corrected chi connectivity index (χ0v) is 17.0. The van der Waals surface area contributed by atoms with Crippen LogP contribution in [-0.2, 0) is 9.63 Å². The number of piperidine rings is 1. The lowest BCUT2D eigenvalue weighted by atomic mass is 10.1. The van der Waals surface area contributed by atoms with Crippen LogP contribution < -0.4 is 10.6 Å². The van der Waals surface area contributed by atoms with E-state index in [0.29, 0.717) is 41.7 Å². The van der Waals surface area contributed by atoms with E-state index < -0.39 is 0 Å². The number of anilines is 2. The number of likely N-dealkylation sites (tertiary alicyclic amines) is 1. The van der Waals surface area contributed by atoms with Crippen LogP contribution in [0, 0.1) is 0 Å². The van der Waals surface area contributed by atoms with Crippen molar-refractivity contribution in [2.24, 2.45) is 5.16 Å². The molecule has 0 saturated carbocycles. The van der Waals surface area contributed by atoms with E-state index in [0.717, 1.165) is 11.4 Å². The topological polar surface area (TPSA) is 83.0 Å². The van der Waals surface area contributed by atoms with E-state index in [2.05, 4.69) is 15.8 Å². The molecule has 0 radical (unpaired) electrons. The van der Waals surface area contributed by atoms with Crippen LogP contribution in [0.2, 0.25) is 10.0 Å². The standard InChI is InChI=1S/C20H20Cl2N4O3/c21-17-7-6-16(12-18(17)22)23-19(27)13-29-25-15-8-10-26(11-9-15)20(28)24-14-4-2-1-3-5-14/h1-7,12H,8-11,13H2,(H,23,27)(H,24,28). The Kier molecular flexibility index (Phi) is 7.32. The van der Waals surface area contributed by atoms with Gasteiger partial charge < -0.3 is 20.4 Å². The summed E-state index contributed by atoms with van der Waals surface area (Å²) in [5.41, 5.74) is 2.10. The van der Waals surface area contributed by atoms with Gasteiger partial charge in [-0.1, -0.05) is 46.6 Å². The third-order valence-electron chi connectivity index (χ3n) is 4.25. The van der Waals surface area contributed by atoms with E-state index in [-0.39, 0.29) is 18.5 Å². The van der Waals surface area contributed by atoms with Crippen LogP contribution >= 0.6 is 23.2 Å². The molecule has 3 amide bonds. The van der Waals surface area contributed by atoms with Crippen molar-refractivity contribution in [2.45, 2.75) is 12.8 Å². The molecule has 2 aromatic carbocycles. The van der Waals surface area contributed by atoms with Gasteiger partial charge in [-0.15, -0.1) is 0 Å². The first-order chi connectivity index (χ1) is 14.0. The Balaban J connectivity index is 1.39. The molecule has 1 aliphatic rings. The highest BCUT2D eigenvalue weighted by Gasteiger charge is 2.20. The fourth-order valence-electron chi connectivity index (χ4n) is 2.74. The van der Waals surface area contributed by atoms with Crippen molar-refractivity contribution in [1.29, 1.82) is 0 Å². The van der Waals surface area contributed by atoms with Gasteiger partial charge in [-0.2, -0.15) is 0 Å². The van der Waals surface area contributed by atoms with Gasteiger partial charge in [0, 0.05) is 37.3 Å². The largest absolute Gasteiger partial charge is 0.386 e. The smallest absolute Gasteiger partial charge is 0.321 e. The van der Waals surface area contributed by atoms with Crippen molar-refractivity contribution < 1.29 is 14.4 Å². The minimum atomic E-state index is -0.354. The minimum Gasteiger partial charge on any atom is -0.386 e. The lowest BCUT2D eigenvalue weighted by molar-refractivity contribution is -0.120. The number of nitrogens with zero attached hydrogens (tertiary/aromatic N) is 2. The molecule has 0 bridgehead atoms. The molecule has 0 atom stereocenters. The van der Waals surface area contributed by atoms with Crippen LogP contribution in [0.3, 0.4) is 0 Å². The fourth-order valence-corrected chi connectivity index (χ4v) is 3.03. The number of carbonyl (C=O) groups excluding carboxylic acids is 2. The predicted molar refractivity (Wildman–Crippen MR) is 115 cm³/mol. The van der Waals surface area contributed by atoms with Crippen LogP contribution in [0.4, 0.5) is 16.2 Å². The van der Waals surface area contributed by atoms with E-state index >= 15 is 0 Å². The number of benzene rings is 2. The molecule has 7 nitrogen and oxygen atoms in total. The van der Waals surface area contributed by atoms with Crippen molar-refractivity contribution in [3.63, 3.8) is 0 Å². The number of oxime groups is 1. The SMILES string of the molecule is O=C(CON=C1CCN(C(=O)Nc2ccccc2)CC1)Nc1ccc(Cl)c(Cl)c1. The van der Waals surface area contributed by atoms with Gasteiger partial charge in [-0.05, 0) is 30.3 Å². The number of amides is 3. The molecule has 152 valence electrons. The molecule has 0 spiro atoms. The summed E-state index contributed by atoms with van der Waals surface area (Å²) >= 11 is 11.8. The summed E-state index contributed by atoms with van der Waals surface area (Å²) in [6.07, 6.45) is 1.19. The zero-order chi connectivity index (χ0) is 20.6. The van der Waals surface area contributed by atoms with Crippen LogP contribution in [0.1, 0.15) is 12.8 Å². The van der Waals surface area contributed by atoms with Crippen molar-refractivity contribution >= 4 is 52.2 Å². The second kappa shape index (κ2) is 10.1. The lowest BCUT2D eigenvalue weighted by Crippen LogP contribution is -2.41. The molecular formula is C20H20Cl2N4O3. The molecule has 29 heavy (non-hydrogen) atoms. The average molecular weight is 435 g/mol. The average Bonchev–Trinajstić information content (AvgIpc) is 2.72. The molecule has 0 aromatic heterocycles. The Morgan fingerprint density at radius 3 is 2.38 bits per heavy atom. The Bertz CT molecular complexity index is 896. The number of hydrogen-bond donors (Lipinski definition) is 2. The fraction of sp³-hybridized carbons (Fsp3) is 0.250. The van der Waals surface area contributed by atoms with E-state index in [1.807, 2.05) is 30.3 Å². The maximum absolute atomic E-state index is 12.3. The Morgan fingerprint density at radius 2 is 1.69 bits per heavy atom. The number of urea groups is 1. The molecule has 3 rings (SSSR count). The van der Waals surface area contributed by atoms with Gasteiger partial charge in [0.25, 0.3) is 5.91 Å². The molecular weight excluding hydrogens is 415 g/mol. The Hall–Kier alpha value is -2.77. The zero-order valence-electron chi connectivity index (χ0n) is 15.5. The van der Waals surface area contributed by atoms with Crippen LogP contribution in [-0.4, -0.2) is 42.2 Å². The molecule has 1 fully saturated rings. The van der Waals surface area contributed by atoms with Gasteiger partial charge in [-0.3, -0.25) is 4.79 Å². The minimum absolute atomic E-state index is 0.142. The lowest BCUT2D eigenvalue weighted by Gasteiger charge is -2.27. The second-order valence-corrected chi connectivity index (χ2v) is 7.21. The van der Waals surface area contributed by atoms with Crippen molar-refractivity contribution in [3.05, 3.63) is 58.6 Å². The van der Waals surface area contributed by atoms with E-state index in [1.165, 1.54) is 0 Å². The molecule has 0 aliphatic carbocycles. The monoisotopic (exact) mass is 434 g/mol. The predicted octanol–water partition coefficient (Wildman–Crippen LogP) is 4.63. The van der Waals surface area contributed by atoms with Crippen LogP contribution in [0.5, 0.6) is 0 Å². The first kappa shape index (κ1) is 21.0. The maximum Gasteiger partial charge on any atom is 0.321 e. The normalized spacial score (nSPS) is 13.6. The first-order valence-corrected chi connectivity index (χ1v) is 9.80. The van der Waals surface area contributed by atoms with E-state index in [1.54, 1.807) is 23.1 Å². The third kappa shape index (κ3) is 6.37. The highest BCUT2D eigenvalue weighted by molar-refractivity contribution is 6.42. The number of nitrogens with one attached hydrogen (secondary N) is 2. The molecule has 9 heteroatoms. The van der Waals surface area contributed by atoms with Crippen molar-refractivity contribution in [1.82, 2.24) is 4.90 Å². The van der Waals surface area contributed by atoms with E-state index in [9.17, 15) is 9.59 Å². The summed E-state index contributed by atoms with van der Waals surface area (Å²) in [6, 6.07) is 14.0. The van der Waals surface area contributed by atoms with Gasteiger partial charge in [0.1, 0.15) is 0 Å². The van der Waals surface area contributed by atoms with Gasteiger partial charge in [0.05, 0.1) is 15.8 Å². The second-order valence-electron chi connectivity index (χ2n) is 6.39. The quantitative estimate of drug-likeness (QED) is 0.672. The molecule has 2 N–H and O–H groups in total. The molecule has 0 unspecified atom stereocenters. The van der Waals surface area contributed by atoms with E-state index in [4.69, 9.17) is 28.0 Å². The van der Waals surface area contributed by atoms with Gasteiger partial charge in [0.15, 0.2) is 6.61 Å². The summed E-state index contributed by atoms with van der Waals surface area (Å²) in [7, 11) is 0. The van der Waals surface area contributed by atoms with Gasteiger partial charge >= 0.3 is 6.03 Å². The Morgan fingerprint density at radius 1 is 0.966 bits per heavy atom. The summed E-state index contributed by atoms with van der Waals surface area (Å²) in [5, 5.41) is 10.3.